The van der Waals surface area contributed by atoms with Crippen LogP contribution in [0.15, 0.2) is 12.1 Å². The molecule has 0 fully saturated rings. The molecule has 98 valence electrons. The van der Waals surface area contributed by atoms with Crippen LogP contribution in [0.3, 0.4) is 0 Å². The van der Waals surface area contributed by atoms with E-state index < -0.39 is 11.9 Å². The second-order valence-corrected chi connectivity index (χ2v) is 3.74. The molecule has 0 spiro atoms. The fraction of sp³-hybridized carbons (Fsp3) is 0.385. The number of rotatable bonds is 3. The molecule has 1 aromatic rings. The molecule has 0 aliphatic rings. The summed E-state index contributed by atoms with van der Waals surface area (Å²) in [6.07, 6.45) is 0. The Morgan fingerprint density at radius 1 is 1.22 bits per heavy atom. The SMILES string of the molecule is CCOC(=O)C(=O)Nc1ccc(OC)c(C)c1C. The largest absolute Gasteiger partial charge is 0.496 e. The molecule has 5 nitrogen and oxygen atoms in total. The maximum Gasteiger partial charge on any atom is 0.397 e. The lowest BCUT2D eigenvalue weighted by Crippen LogP contribution is -2.25. The number of methoxy groups -OCH3 is 1. The lowest BCUT2D eigenvalue weighted by atomic mass is 10.1. The first-order valence-electron chi connectivity index (χ1n) is 5.63. The normalized spacial score (nSPS) is 9.78. The molecule has 0 bridgehead atoms. The van der Waals surface area contributed by atoms with Gasteiger partial charge in [-0.3, -0.25) is 4.79 Å². The molecule has 5 heteroatoms. The highest BCUT2D eigenvalue weighted by Gasteiger charge is 2.16. The fourth-order valence-electron chi connectivity index (χ4n) is 1.52. The minimum atomic E-state index is -0.884. The molecule has 0 radical (unpaired) electrons. The number of nitrogens with one attached hydrogen (secondary N) is 1. The molecule has 1 amide bonds. The Hall–Kier alpha value is -2.04. The number of ether oxygens (including phenoxy) is 2. The zero-order valence-electron chi connectivity index (χ0n) is 11.0. The van der Waals surface area contributed by atoms with Gasteiger partial charge in [0.1, 0.15) is 5.75 Å². The topological polar surface area (TPSA) is 64.6 Å². The second kappa shape index (κ2) is 6.05. The number of carbonyl (C=O) groups is 2. The van der Waals surface area contributed by atoms with Gasteiger partial charge in [-0.15, -0.1) is 0 Å². The highest BCUT2D eigenvalue weighted by Crippen LogP contribution is 2.27. The first kappa shape index (κ1) is 14.0. The minimum absolute atomic E-state index is 0.173. The first-order chi connectivity index (χ1) is 8.51. The van der Waals surface area contributed by atoms with Gasteiger partial charge in [0, 0.05) is 5.69 Å². The van der Waals surface area contributed by atoms with Crippen LogP contribution in [0, 0.1) is 13.8 Å². The predicted octanol–water partition coefficient (Wildman–Crippen LogP) is 1.81. The number of anilines is 1. The Bertz CT molecular complexity index is 468. The van der Waals surface area contributed by atoms with Crippen LogP contribution < -0.4 is 10.1 Å². The van der Waals surface area contributed by atoms with Crippen LogP contribution in [-0.2, 0) is 14.3 Å². The van der Waals surface area contributed by atoms with Gasteiger partial charge in [-0.25, -0.2) is 4.79 Å². The van der Waals surface area contributed by atoms with E-state index in [0.29, 0.717) is 5.69 Å². The number of hydrogen-bond acceptors (Lipinski definition) is 4. The van der Waals surface area contributed by atoms with Crippen molar-refractivity contribution in [1.82, 2.24) is 0 Å². The molecule has 1 N–H and O–H groups in total. The lowest BCUT2D eigenvalue weighted by Gasteiger charge is -2.13. The van der Waals surface area contributed by atoms with Gasteiger partial charge in [0.05, 0.1) is 13.7 Å². The van der Waals surface area contributed by atoms with Crippen molar-refractivity contribution in [2.75, 3.05) is 19.0 Å². The van der Waals surface area contributed by atoms with Crippen molar-refractivity contribution < 1.29 is 19.1 Å². The van der Waals surface area contributed by atoms with Crippen LogP contribution in [0.4, 0.5) is 5.69 Å². The van der Waals surface area contributed by atoms with E-state index in [1.807, 2.05) is 13.8 Å². The molecule has 1 aromatic carbocycles. The van der Waals surface area contributed by atoms with Gasteiger partial charge in [-0.2, -0.15) is 0 Å². The van der Waals surface area contributed by atoms with Gasteiger partial charge >= 0.3 is 11.9 Å². The number of hydrogen-bond donors (Lipinski definition) is 1. The number of carbonyl (C=O) groups excluding carboxylic acids is 2. The van der Waals surface area contributed by atoms with E-state index in [1.54, 1.807) is 26.2 Å². The average molecular weight is 251 g/mol. The van der Waals surface area contributed by atoms with Gasteiger partial charge in [0.15, 0.2) is 0 Å². The maximum atomic E-state index is 11.5. The smallest absolute Gasteiger partial charge is 0.397 e. The Kier molecular flexibility index (Phi) is 4.71. The highest BCUT2D eigenvalue weighted by molar-refractivity contribution is 6.37. The van der Waals surface area contributed by atoms with Gasteiger partial charge in [-0.1, -0.05) is 0 Å². The summed E-state index contributed by atoms with van der Waals surface area (Å²) < 4.78 is 9.78. The summed E-state index contributed by atoms with van der Waals surface area (Å²) in [7, 11) is 1.58. The predicted molar refractivity (Wildman–Crippen MR) is 67.7 cm³/mol. The van der Waals surface area contributed by atoms with Crippen LogP contribution >= 0.6 is 0 Å². The molecule has 0 aromatic heterocycles. The van der Waals surface area contributed by atoms with E-state index in [4.69, 9.17) is 4.74 Å². The zero-order valence-corrected chi connectivity index (χ0v) is 11.0. The molecule has 0 aliphatic heterocycles. The Balaban J connectivity index is 2.89. The first-order valence-corrected chi connectivity index (χ1v) is 5.63. The molecule has 18 heavy (non-hydrogen) atoms. The maximum absolute atomic E-state index is 11.5. The Morgan fingerprint density at radius 3 is 2.44 bits per heavy atom. The number of amides is 1. The third-order valence-electron chi connectivity index (χ3n) is 2.67. The summed E-state index contributed by atoms with van der Waals surface area (Å²) in [6, 6.07) is 3.43. The van der Waals surface area contributed by atoms with Crippen molar-refractivity contribution in [1.29, 1.82) is 0 Å². The van der Waals surface area contributed by atoms with Crippen molar-refractivity contribution in [2.24, 2.45) is 0 Å². The third kappa shape index (κ3) is 3.00. The summed E-state index contributed by atoms with van der Waals surface area (Å²) in [5.74, 6) is -0.920. The lowest BCUT2D eigenvalue weighted by molar-refractivity contribution is -0.152. The molecule has 0 heterocycles. The van der Waals surface area contributed by atoms with Gasteiger partial charge in [0.2, 0.25) is 0 Å². The zero-order chi connectivity index (χ0) is 13.7. The number of esters is 1. The molecular weight excluding hydrogens is 234 g/mol. The van der Waals surface area contributed by atoms with Crippen LogP contribution in [0.2, 0.25) is 0 Å². The molecule has 0 unspecified atom stereocenters. The van der Waals surface area contributed by atoms with Crippen LogP contribution in [0.1, 0.15) is 18.1 Å². The minimum Gasteiger partial charge on any atom is -0.496 e. The molecule has 0 saturated heterocycles. The summed E-state index contributed by atoms with van der Waals surface area (Å²) in [4.78, 5) is 22.7. The second-order valence-electron chi connectivity index (χ2n) is 3.74. The van der Waals surface area contributed by atoms with E-state index in [-0.39, 0.29) is 6.61 Å². The standard InChI is InChI=1S/C13H17NO4/c1-5-18-13(16)12(15)14-10-6-7-11(17-4)9(3)8(10)2/h6-7H,5H2,1-4H3,(H,14,15). The van der Waals surface area contributed by atoms with Crippen LogP contribution in [0.25, 0.3) is 0 Å². The Labute approximate surface area is 106 Å². The van der Waals surface area contributed by atoms with E-state index in [0.717, 1.165) is 16.9 Å². The summed E-state index contributed by atoms with van der Waals surface area (Å²) >= 11 is 0. The van der Waals surface area contributed by atoms with Gasteiger partial charge in [0.25, 0.3) is 0 Å². The third-order valence-corrected chi connectivity index (χ3v) is 2.67. The van der Waals surface area contributed by atoms with E-state index in [9.17, 15) is 9.59 Å². The fourth-order valence-corrected chi connectivity index (χ4v) is 1.52. The quantitative estimate of drug-likeness (QED) is 0.657. The summed E-state index contributed by atoms with van der Waals surface area (Å²) in [5, 5.41) is 2.52. The average Bonchev–Trinajstić information content (AvgIpc) is 2.35. The number of benzene rings is 1. The van der Waals surface area contributed by atoms with E-state index >= 15 is 0 Å². The molecule has 1 rings (SSSR count). The molecule has 0 aliphatic carbocycles. The monoisotopic (exact) mass is 251 g/mol. The van der Waals surface area contributed by atoms with Gasteiger partial charge in [-0.05, 0) is 44.0 Å². The van der Waals surface area contributed by atoms with Crippen molar-refractivity contribution >= 4 is 17.6 Å². The molecule has 0 atom stereocenters. The van der Waals surface area contributed by atoms with Gasteiger partial charge < -0.3 is 14.8 Å². The van der Waals surface area contributed by atoms with Crippen molar-refractivity contribution in [3.63, 3.8) is 0 Å². The van der Waals surface area contributed by atoms with Crippen LogP contribution in [-0.4, -0.2) is 25.6 Å². The Morgan fingerprint density at radius 2 is 1.89 bits per heavy atom. The summed E-state index contributed by atoms with van der Waals surface area (Å²) in [6.45, 7) is 5.55. The van der Waals surface area contributed by atoms with E-state index in [1.165, 1.54) is 0 Å². The van der Waals surface area contributed by atoms with Crippen molar-refractivity contribution in [3.8, 4) is 5.75 Å². The van der Waals surface area contributed by atoms with E-state index in [2.05, 4.69) is 10.1 Å². The van der Waals surface area contributed by atoms with Crippen molar-refractivity contribution in [3.05, 3.63) is 23.3 Å². The van der Waals surface area contributed by atoms with Crippen molar-refractivity contribution in [2.45, 2.75) is 20.8 Å². The molecular formula is C13H17NO4. The highest BCUT2D eigenvalue weighted by atomic mass is 16.5. The molecule has 0 saturated carbocycles. The van der Waals surface area contributed by atoms with Crippen LogP contribution in [0.5, 0.6) is 5.75 Å². The summed E-state index contributed by atoms with van der Waals surface area (Å²) in [5.41, 5.74) is 2.34.